The van der Waals surface area contributed by atoms with Gasteiger partial charge in [0.05, 0.1) is 0 Å². The van der Waals surface area contributed by atoms with Crippen molar-refractivity contribution in [1.82, 2.24) is 5.32 Å². The highest BCUT2D eigenvalue weighted by Crippen LogP contribution is 2.22. The first-order valence-electron chi connectivity index (χ1n) is 6.86. The minimum absolute atomic E-state index is 0.469. The zero-order chi connectivity index (χ0) is 10.5. The third-order valence-corrected chi connectivity index (χ3v) is 4.05. The monoisotopic (exact) mass is 210 g/mol. The predicted octanol–water partition coefficient (Wildman–Crippen LogP) is 2.57. The third-order valence-electron chi connectivity index (χ3n) is 4.05. The van der Waals surface area contributed by atoms with Crippen molar-refractivity contribution >= 4 is 0 Å². The third kappa shape index (κ3) is 3.76. The lowest BCUT2D eigenvalue weighted by molar-refractivity contribution is 0.351. The van der Waals surface area contributed by atoms with Crippen molar-refractivity contribution in [2.75, 3.05) is 0 Å². The number of rotatable bonds is 2. The van der Waals surface area contributed by atoms with Gasteiger partial charge in [-0.15, -0.1) is 0 Å². The Kier molecular flexibility index (Phi) is 4.45. The lowest BCUT2D eigenvalue weighted by Crippen LogP contribution is -2.38. The molecular formula is C13H26N2. The average molecular weight is 210 g/mol. The fourth-order valence-corrected chi connectivity index (χ4v) is 3.12. The van der Waals surface area contributed by atoms with Gasteiger partial charge in [-0.1, -0.05) is 32.1 Å². The van der Waals surface area contributed by atoms with Crippen LogP contribution in [0.15, 0.2) is 0 Å². The first-order chi connectivity index (χ1) is 7.34. The summed E-state index contributed by atoms with van der Waals surface area (Å²) in [7, 11) is 0. The van der Waals surface area contributed by atoms with Crippen LogP contribution in [0.4, 0.5) is 0 Å². The summed E-state index contributed by atoms with van der Waals surface area (Å²) < 4.78 is 0. The van der Waals surface area contributed by atoms with Gasteiger partial charge in [0, 0.05) is 18.1 Å². The summed E-state index contributed by atoms with van der Waals surface area (Å²) in [5.41, 5.74) is 5.95. The lowest BCUT2D eigenvalue weighted by atomic mass is 9.96. The van der Waals surface area contributed by atoms with E-state index < -0.39 is 0 Å². The Balaban J connectivity index is 1.71. The molecular weight excluding hydrogens is 184 g/mol. The summed E-state index contributed by atoms with van der Waals surface area (Å²) in [5, 5.41) is 3.84. The Morgan fingerprint density at radius 2 is 1.40 bits per heavy atom. The van der Waals surface area contributed by atoms with Crippen LogP contribution in [-0.2, 0) is 0 Å². The van der Waals surface area contributed by atoms with Crippen molar-refractivity contribution in [2.45, 2.75) is 82.3 Å². The molecule has 0 heterocycles. The van der Waals surface area contributed by atoms with Gasteiger partial charge < -0.3 is 11.1 Å². The van der Waals surface area contributed by atoms with Crippen LogP contribution in [-0.4, -0.2) is 18.1 Å². The van der Waals surface area contributed by atoms with Crippen molar-refractivity contribution in [2.24, 2.45) is 5.73 Å². The normalized spacial score (nSPS) is 35.0. The Hall–Kier alpha value is -0.0800. The summed E-state index contributed by atoms with van der Waals surface area (Å²) in [5.74, 6) is 0. The molecule has 2 rings (SSSR count). The summed E-state index contributed by atoms with van der Waals surface area (Å²) in [4.78, 5) is 0. The highest BCUT2D eigenvalue weighted by Gasteiger charge is 2.23. The van der Waals surface area contributed by atoms with Crippen LogP contribution in [0.5, 0.6) is 0 Å². The van der Waals surface area contributed by atoms with Crippen LogP contribution >= 0.6 is 0 Å². The molecule has 0 aromatic carbocycles. The van der Waals surface area contributed by atoms with E-state index in [4.69, 9.17) is 5.73 Å². The van der Waals surface area contributed by atoms with E-state index in [2.05, 4.69) is 5.32 Å². The second kappa shape index (κ2) is 5.86. The van der Waals surface area contributed by atoms with Gasteiger partial charge in [-0.2, -0.15) is 0 Å². The first-order valence-corrected chi connectivity index (χ1v) is 6.86. The molecule has 2 nitrogen and oxygen atoms in total. The molecule has 2 unspecified atom stereocenters. The van der Waals surface area contributed by atoms with Crippen molar-refractivity contribution in [3.05, 3.63) is 0 Å². The van der Waals surface area contributed by atoms with Crippen LogP contribution in [0.25, 0.3) is 0 Å². The van der Waals surface area contributed by atoms with E-state index in [0.717, 1.165) is 12.1 Å². The molecule has 0 aliphatic heterocycles. The van der Waals surface area contributed by atoms with E-state index in [9.17, 15) is 0 Å². The molecule has 0 bridgehead atoms. The van der Waals surface area contributed by atoms with E-state index in [0.29, 0.717) is 6.04 Å². The summed E-state index contributed by atoms with van der Waals surface area (Å²) >= 11 is 0. The molecule has 0 spiro atoms. The first kappa shape index (κ1) is 11.4. The highest BCUT2D eigenvalue weighted by atomic mass is 15.0. The van der Waals surface area contributed by atoms with E-state index in [1.165, 1.54) is 64.2 Å². The smallest absolute Gasteiger partial charge is 0.00849 e. The molecule has 0 radical (unpaired) electrons. The van der Waals surface area contributed by atoms with Gasteiger partial charge in [-0.3, -0.25) is 0 Å². The number of hydrogen-bond acceptors (Lipinski definition) is 2. The molecule has 15 heavy (non-hydrogen) atoms. The molecule has 0 aromatic heterocycles. The zero-order valence-electron chi connectivity index (χ0n) is 9.88. The molecule has 2 aliphatic carbocycles. The quantitative estimate of drug-likeness (QED) is 0.735. The zero-order valence-corrected chi connectivity index (χ0v) is 9.88. The number of nitrogens with one attached hydrogen (secondary N) is 1. The van der Waals surface area contributed by atoms with Gasteiger partial charge in [-0.05, 0) is 32.1 Å². The SMILES string of the molecule is NC1CCC(NC2CCCCCCC2)C1. The maximum Gasteiger partial charge on any atom is 0.00849 e. The van der Waals surface area contributed by atoms with Crippen molar-refractivity contribution < 1.29 is 0 Å². The fraction of sp³-hybridized carbons (Fsp3) is 1.00. The van der Waals surface area contributed by atoms with Crippen LogP contribution in [0.2, 0.25) is 0 Å². The van der Waals surface area contributed by atoms with Crippen molar-refractivity contribution in [1.29, 1.82) is 0 Å². The molecule has 2 saturated carbocycles. The molecule has 2 atom stereocenters. The van der Waals surface area contributed by atoms with E-state index in [1.807, 2.05) is 0 Å². The number of hydrogen-bond donors (Lipinski definition) is 2. The molecule has 2 aliphatic rings. The second-order valence-corrected chi connectivity index (χ2v) is 5.48. The number of nitrogens with two attached hydrogens (primary N) is 1. The van der Waals surface area contributed by atoms with Crippen molar-refractivity contribution in [3.63, 3.8) is 0 Å². The van der Waals surface area contributed by atoms with Gasteiger partial charge >= 0.3 is 0 Å². The average Bonchev–Trinajstić information content (AvgIpc) is 2.56. The molecule has 2 fully saturated rings. The Morgan fingerprint density at radius 3 is 2.00 bits per heavy atom. The van der Waals surface area contributed by atoms with Crippen LogP contribution in [0, 0.1) is 0 Å². The minimum atomic E-state index is 0.469. The summed E-state index contributed by atoms with van der Waals surface area (Å²) in [6.07, 6.45) is 13.7. The van der Waals surface area contributed by atoms with Crippen LogP contribution in [0.1, 0.15) is 64.2 Å². The largest absolute Gasteiger partial charge is 0.328 e. The Morgan fingerprint density at radius 1 is 0.733 bits per heavy atom. The maximum absolute atomic E-state index is 5.95. The fourth-order valence-electron chi connectivity index (χ4n) is 3.12. The van der Waals surface area contributed by atoms with Gasteiger partial charge in [0.2, 0.25) is 0 Å². The van der Waals surface area contributed by atoms with Gasteiger partial charge in [0.15, 0.2) is 0 Å². The summed E-state index contributed by atoms with van der Waals surface area (Å²) in [6, 6.07) is 1.99. The van der Waals surface area contributed by atoms with Crippen molar-refractivity contribution in [3.8, 4) is 0 Å². The van der Waals surface area contributed by atoms with Gasteiger partial charge in [0.1, 0.15) is 0 Å². The van der Waals surface area contributed by atoms with Crippen LogP contribution < -0.4 is 11.1 Å². The maximum atomic E-state index is 5.95. The predicted molar refractivity (Wildman–Crippen MR) is 64.9 cm³/mol. The standard InChI is InChI=1S/C13H26N2/c14-11-8-9-13(10-11)15-12-6-4-2-1-3-5-7-12/h11-13,15H,1-10,14H2. The molecule has 0 amide bonds. The van der Waals surface area contributed by atoms with E-state index in [-0.39, 0.29) is 0 Å². The molecule has 3 N–H and O–H groups in total. The van der Waals surface area contributed by atoms with E-state index >= 15 is 0 Å². The van der Waals surface area contributed by atoms with Crippen LogP contribution in [0.3, 0.4) is 0 Å². The van der Waals surface area contributed by atoms with Gasteiger partial charge in [-0.25, -0.2) is 0 Å². The Labute approximate surface area is 94.0 Å². The highest BCUT2D eigenvalue weighted by molar-refractivity contribution is 4.85. The van der Waals surface area contributed by atoms with E-state index in [1.54, 1.807) is 0 Å². The molecule has 0 saturated heterocycles. The molecule has 2 heteroatoms. The Bertz CT molecular complexity index is 173. The lowest BCUT2D eigenvalue weighted by Gasteiger charge is -2.24. The summed E-state index contributed by atoms with van der Waals surface area (Å²) in [6.45, 7) is 0. The second-order valence-electron chi connectivity index (χ2n) is 5.48. The molecule has 0 aromatic rings. The minimum Gasteiger partial charge on any atom is -0.328 e. The molecule has 88 valence electrons. The van der Waals surface area contributed by atoms with Gasteiger partial charge in [0.25, 0.3) is 0 Å². The topological polar surface area (TPSA) is 38.0 Å².